The van der Waals surface area contributed by atoms with Gasteiger partial charge in [-0.25, -0.2) is 9.36 Å². The van der Waals surface area contributed by atoms with Crippen molar-refractivity contribution in [2.75, 3.05) is 7.11 Å². The lowest BCUT2D eigenvalue weighted by Gasteiger charge is -2.27. The molecule has 0 radical (unpaired) electrons. The maximum absolute atomic E-state index is 13.4. The normalized spacial score (nSPS) is 15.3. The Morgan fingerprint density at radius 3 is 2.77 bits per heavy atom. The number of halogens is 1. The fraction of sp³-hybridized carbons (Fsp3) is 0.273. The SMILES string of the molecule is COc1ccc(-n2nc(C#N)c(=O)n(C3CCCc4c(Cl)cccc43)c2=O)c(C)c1. The molecule has 3 aromatic rings. The Labute approximate surface area is 177 Å². The fourth-order valence-electron chi connectivity index (χ4n) is 4.03. The first-order valence-electron chi connectivity index (χ1n) is 9.54. The summed E-state index contributed by atoms with van der Waals surface area (Å²) < 4.78 is 7.48. The number of rotatable bonds is 3. The van der Waals surface area contributed by atoms with Crippen LogP contribution in [0.25, 0.3) is 5.69 Å². The lowest BCUT2D eigenvalue weighted by atomic mass is 9.87. The van der Waals surface area contributed by atoms with E-state index in [9.17, 15) is 14.9 Å². The highest BCUT2D eigenvalue weighted by atomic mass is 35.5. The van der Waals surface area contributed by atoms with Gasteiger partial charge in [-0.3, -0.25) is 4.79 Å². The largest absolute Gasteiger partial charge is 0.497 e. The number of aromatic nitrogens is 3. The summed E-state index contributed by atoms with van der Waals surface area (Å²) in [4.78, 5) is 26.4. The number of aryl methyl sites for hydroxylation is 1. The number of ether oxygens (including phenoxy) is 1. The van der Waals surface area contributed by atoms with Gasteiger partial charge in [-0.05, 0) is 67.1 Å². The van der Waals surface area contributed by atoms with Crippen LogP contribution in [-0.2, 0) is 6.42 Å². The van der Waals surface area contributed by atoms with Gasteiger partial charge in [0.1, 0.15) is 11.8 Å². The molecule has 0 aliphatic heterocycles. The van der Waals surface area contributed by atoms with Crippen LogP contribution in [0.15, 0.2) is 46.0 Å². The minimum Gasteiger partial charge on any atom is -0.497 e. The van der Waals surface area contributed by atoms with Crippen LogP contribution in [0.2, 0.25) is 5.02 Å². The van der Waals surface area contributed by atoms with Crippen LogP contribution in [0, 0.1) is 18.3 Å². The Hall–Kier alpha value is -3.37. The number of fused-ring (bicyclic) bond motifs is 1. The molecule has 1 aliphatic carbocycles. The second-order valence-corrected chi connectivity index (χ2v) is 7.61. The third-order valence-electron chi connectivity index (χ3n) is 5.48. The van der Waals surface area contributed by atoms with Crippen molar-refractivity contribution < 1.29 is 4.74 Å². The molecule has 0 fully saturated rings. The predicted molar refractivity (Wildman–Crippen MR) is 113 cm³/mol. The van der Waals surface area contributed by atoms with E-state index in [0.717, 1.165) is 38.8 Å². The van der Waals surface area contributed by atoms with Gasteiger partial charge in [0.15, 0.2) is 0 Å². The molecule has 1 heterocycles. The van der Waals surface area contributed by atoms with Crippen LogP contribution in [0.4, 0.5) is 0 Å². The fourth-order valence-corrected chi connectivity index (χ4v) is 4.31. The molecule has 0 amide bonds. The van der Waals surface area contributed by atoms with Gasteiger partial charge < -0.3 is 4.74 Å². The Morgan fingerprint density at radius 1 is 1.27 bits per heavy atom. The van der Waals surface area contributed by atoms with E-state index in [2.05, 4.69) is 5.10 Å². The molecule has 2 aromatic carbocycles. The first-order valence-corrected chi connectivity index (χ1v) is 9.92. The van der Waals surface area contributed by atoms with Crippen LogP contribution >= 0.6 is 11.6 Å². The Kier molecular flexibility index (Phi) is 5.18. The number of nitrogens with zero attached hydrogens (tertiary/aromatic N) is 4. The summed E-state index contributed by atoms with van der Waals surface area (Å²) in [5, 5.41) is 14.2. The van der Waals surface area contributed by atoms with E-state index in [0.29, 0.717) is 22.9 Å². The van der Waals surface area contributed by atoms with Crippen LogP contribution < -0.4 is 16.0 Å². The predicted octanol–water partition coefficient (Wildman–Crippen LogP) is 3.16. The van der Waals surface area contributed by atoms with Crippen molar-refractivity contribution in [1.29, 1.82) is 5.26 Å². The molecule has 0 N–H and O–H groups in total. The molecule has 1 aromatic heterocycles. The van der Waals surface area contributed by atoms with Crippen molar-refractivity contribution in [3.05, 3.63) is 84.6 Å². The maximum atomic E-state index is 13.4. The van der Waals surface area contributed by atoms with E-state index in [1.54, 1.807) is 31.4 Å². The zero-order chi connectivity index (χ0) is 21.4. The maximum Gasteiger partial charge on any atom is 0.352 e. The van der Waals surface area contributed by atoms with Crippen molar-refractivity contribution in [2.45, 2.75) is 32.2 Å². The van der Waals surface area contributed by atoms with Crippen LogP contribution in [-0.4, -0.2) is 21.5 Å². The van der Waals surface area contributed by atoms with Crippen molar-refractivity contribution >= 4 is 11.6 Å². The zero-order valence-electron chi connectivity index (χ0n) is 16.6. The Morgan fingerprint density at radius 2 is 2.07 bits per heavy atom. The number of benzene rings is 2. The molecule has 0 bridgehead atoms. The Balaban J connectivity index is 1.99. The van der Waals surface area contributed by atoms with Gasteiger partial charge in [-0.2, -0.15) is 9.94 Å². The minimum absolute atomic E-state index is 0.334. The molecule has 30 heavy (non-hydrogen) atoms. The van der Waals surface area contributed by atoms with E-state index in [4.69, 9.17) is 16.3 Å². The van der Waals surface area contributed by atoms with Gasteiger partial charge in [0.05, 0.1) is 18.8 Å². The summed E-state index contributed by atoms with van der Waals surface area (Å²) in [7, 11) is 1.55. The molecule has 1 aliphatic rings. The quantitative estimate of drug-likeness (QED) is 0.646. The second kappa shape index (κ2) is 7.81. The third-order valence-corrected chi connectivity index (χ3v) is 5.83. The van der Waals surface area contributed by atoms with Crippen molar-refractivity contribution in [1.82, 2.24) is 14.3 Å². The second-order valence-electron chi connectivity index (χ2n) is 7.20. The number of methoxy groups -OCH3 is 1. The number of hydrogen-bond donors (Lipinski definition) is 0. The average Bonchev–Trinajstić information content (AvgIpc) is 2.75. The first-order chi connectivity index (χ1) is 14.5. The standard InChI is InChI=1S/C22H19ClN4O3/c1-13-11-14(30-2)9-10-19(13)27-22(29)26(21(28)18(12-24)25-27)20-8-4-5-15-16(20)6-3-7-17(15)23/h3,6-7,9-11,20H,4-5,8H2,1-2H3. The number of nitriles is 1. The molecule has 0 saturated carbocycles. The van der Waals surface area contributed by atoms with E-state index in [1.807, 2.05) is 25.1 Å². The Bertz CT molecular complexity index is 1300. The molecular weight excluding hydrogens is 404 g/mol. The van der Waals surface area contributed by atoms with Gasteiger partial charge in [0, 0.05) is 5.02 Å². The summed E-state index contributed by atoms with van der Waals surface area (Å²) >= 11 is 6.36. The van der Waals surface area contributed by atoms with Gasteiger partial charge >= 0.3 is 5.69 Å². The van der Waals surface area contributed by atoms with E-state index in [-0.39, 0.29) is 5.69 Å². The van der Waals surface area contributed by atoms with E-state index < -0.39 is 17.3 Å². The van der Waals surface area contributed by atoms with Crippen LogP contribution in [0.5, 0.6) is 5.75 Å². The molecule has 0 spiro atoms. The van der Waals surface area contributed by atoms with E-state index in [1.165, 1.54) is 0 Å². The van der Waals surface area contributed by atoms with Gasteiger partial charge in [0.2, 0.25) is 5.69 Å². The number of hydrogen-bond acceptors (Lipinski definition) is 5. The third kappa shape index (κ3) is 3.19. The van der Waals surface area contributed by atoms with Gasteiger partial charge in [-0.15, -0.1) is 5.10 Å². The highest BCUT2D eigenvalue weighted by Gasteiger charge is 2.28. The monoisotopic (exact) mass is 422 g/mol. The van der Waals surface area contributed by atoms with Crippen molar-refractivity contribution in [3.8, 4) is 17.5 Å². The smallest absolute Gasteiger partial charge is 0.352 e. The molecule has 8 heteroatoms. The van der Waals surface area contributed by atoms with Gasteiger partial charge in [-0.1, -0.05) is 23.7 Å². The first kappa shape index (κ1) is 19.9. The lowest BCUT2D eigenvalue weighted by Crippen LogP contribution is -2.45. The molecule has 1 unspecified atom stereocenters. The summed E-state index contributed by atoms with van der Waals surface area (Å²) in [5.41, 5.74) is 1.36. The molecule has 0 saturated heterocycles. The van der Waals surface area contributed by atoms with Crippen LogP contribution in [0.3, 0.4) is 0 Å². The average molecular weight is 423 g/mol. The molecule has 152 valence electrons. The summed E-state index contributed by atoms with van der Waals surface area (Å²) in [6.45, 7) is 1.81. The topological polar surface area (TPSA) is 89.9 Å². The summed E-state index contributed by atoms with van der Waals surface area (Å²) in [6.07, 6.45) is 2.15. The molecular formula is C22H19ClN4O3. The van der Waals surface area contributed by atoms with Gasteiger partial charge in [0.25, 0.3) is 5.56 Å². The summed E-state index contributed by atoms with van der Waals surface area (Å²) in [6, 6.07) is 12.0. The molecule has 4 rings (SSSR count). The highest BCUT2D eigenvalue weighted by Crippen LogP contribution is 2.35. The lowest BCUT2D eigenvalue weighted by molar-refractivity contribution is 0.414. The molecule has 7 nitrogen and oxygen atoms in total. The zero-order valence-corrected chi connectivity index (χ0v) is 17.3. The minimum atomic E-state index is -0.692. The highest BCUT2D eigenvalue weighted by molar-refractivity contribution is 6.31. The van der Waals surface area contributed by atoms with Crippen molar-refractivity contribution in [3.63, 3.8) is 0 Å². The molecule has 1 atom stereocenters. The summed E-state index contributed by atoms with van der Waals surface area (Å²) in [5.74, 6) is 0.633. The van der Waals surface area contributed by atoms with Crippen molar-refractivity contribution in [2.24, 2.45) is 0 Å². The van der Waals surface area contributed by atoms with Crippen LogP contribution in [0.1, 0.15) is 41.3 Å². The van der Waals surface area contributed by atoms with E-state index >= 15 is 0 Å².